The smallest absolute Gasteiger partial charge is 0.202 e. The van der Waals surface area contributed by atoms with E-state index in [1.807, 2.05) is 13.8 Å². The molecule has 36 heavy (non-hydrogen) atoms. The zero-order valence-electron chi connectivity index (χ0n) is 20.7. The molecule has 9 nitrogen and oxygen atoms in total. The number of ether oxygens (including phenoxy) is 3. The van der Waals surface area contributed by atoms with Crippen molar-refractivity contribution in [3.8, 4) is 17.2 Å². The molecule has 0 amide bonds. The highest BCUT2D eigenvalue weighted by molar-refractivity contribution is 6.31. The Morgan fingerprint density at radius 3 is 2.44 bits per heavy atom. The summed E-state index contributed by atoms with van der Waals surface area (Å²) >= 11 is 0. The Bertz CT molecular complexity index is 1260. The molecule has 1 saturated heterocycles. The summed E-state index contributed by atoms with van der Waals surface area (Å²) in [5, 5.41) is 33.0. The molecule has 0 spiro atoms. The molecular weight excluding hydrogens is 466 g/mol. The monoisotopic (exact) mass is 497 g/mol. The molecule has 1 aliphatic heterocycles. The van der Waals surface area contributed by atoms with E-state index in [9.17, 15) is 24.9 Å². The van der Waals surface area contributed by atoms with E-state index in [-0.39, 0.29) is 56.9 Å². The van der Waals surface area contributed by atoms with Gasteiger partial charge < -0.3 is 35.3 Å². The van der Waals surface area contributed by atoms with E-state index in [2.05, 4.69) is 0 Å². The minimum absolute atomic E-state index is 0.0464. The number of aromatic hydroxyl groups is 2. The molecule has 192 valence electrons. The van der Waals surface area contributed by atoms with Crippen LogP contribution in [0, 0.1) is 5.41 Å². The topological polar surface area (TPSA) is 149 Å². The number of carbonyl (C=O) groups is 2. The van der Waals surface area contributed by atoms with Crippen LogP contribution in [0.5, 0.6) is 17.2 Å². The lowest BCUT2D eigenvalue weighted by molar-refractivity contribution is -0.245. The van der Waals surface area contributed by atoms with Gasteiger partial charge in [0.05, 0.1) is 42.1 Å². The predicted molar refractivity (Wildman–Crippen MR) is 128 cm³/mol. The second kappa shape index (κ2) is 8.55. The first-order chi connectivity index (χ1) is 16.9. The number of nitrogens with two attached hydrogens (primary N) is 1. The number of fused-ring (bicyclic) bond motifs is 3. The molecule has 2 aromatic carbocycles. The van der Waals surface area contributed by atoms with Gasteiger partial charge >= 0.3 is 0 Å². The second-order valence-electron chi connectivity index (χ2n) is 10.7. The largest absolute Gasteiger partial charge is 0.507 e. The summed E-state index contributed by atoms with van der Waals surface area (Å²) in [4.78, 5) is 27.1. The van der Waals surface area contributed by atoms with Crippen molar-refractivity contribution in [3.63, 3.8) is 0 Å². The summed E-state index contributed by atoms with van der Waals surface area (Å²) in [6.07, 6.45) is -1.84. The number of benzene rings is 2. The van der Waals surface area contributed by atoms with Crippen molar-refractivity contribution in [3.05, 3.63) is 51.6 Å². The Balaban J connectivity index is 1.65. The molecular formula is C27H31NO8. The Hall–Kier alpha value is -2.98. The standard InChI is InChI=1S/C27H31NO8/c1-11-22(29)14(28)8-17(35-11)36-16-10-27(2,3)9-13-19(16)26(33)21-20(24(13)31)23(30)12-6-5-7-15(34-4)18(12)25(21)32/h5-7,11,14,16-17,22,29,31,33H,8-10,28H2,1-4H3/t11?,14?,16-,17?,22?/m0/s1. The van der Waals surface area contributed by atoms with Crippen molar-refractivity contribution in [2.75, 3.05) is 7.11 Å². The third-order valence-electron chi connectivity index (χ3n) is 7.54. The maximum absolute atomic E-state index is 13.6. The van der Waals surface area contributed by atoms with E-state index < -0.39 is 42.2 Å². The highest BCUT2D eigenvalue weighted by Gasteiger charge is 2.45. The van der Waals surface area contributed by atoms with Crippen LogP contribution < -0.4 is 10.5 Å². The lowest BCUT2D eigenvalue weighted by Crippen LogP contribution is -2.52. The highest BCUT2D eigenvalue weighted by Crippen LogP contribution is 2.54. The Labute approximate surface area is 208 Å². The van der Waals surface area contributed by atoms with Crippen LogP contribution in [0.3, 0.4) is 0 Å². The molecule has 5 rings (SSSR count). The zero-order valence-corrected chi connectivity index (χ0v) is 20.7. The van der Waals surface area contributed by atoms with Gasteiger partial charge in [0.25, 0.3) is 0 Å². The van der Waals surface area contributed by atoms with E-state index in [0.29, 0.717) is 18.4 Å². The van der Waals surface area contributed by atoms with E-state index in [1.54, 1.807) is 19.1 Å². The molecule has 5 N–H and O–H groups in total. The minimum atomic E-state index is -0.830. The average molecular weight is 498 g/mol. The summed E-state index contributed by atoms with van der Waals surface area (Å²) in [5.74, 6) is -1.67. The molecule has 9 heteroatoms. The molecule has 2 aliphatic carbocycles. The highest BCUT2D eigenvalue weighted by atomic mass is 16.7. The molecule has 0 saturated carbocycles. The van der Waals surface area contributed by atoms with Crippen molar-refractivity contribution in [2.45, 2.75) is 70.7 Å². The van der Waals surface area contributed by atoms with Gasteiger partial charge in [-0.2, -0.15) is 0 Å². The fourth-order valence-electron chi connectivity index (χ4n) is 5.77. The molecule has 0 aromatic heterocycles. The quantitative estimate of drug-likeness (QED) is 0.401. The van der Waals surface area contributed by atoms with Crippen LogP contribution in [0.1, 0.15) is 82.7 Å². The van der Waals surface area contributed by atoms with Gasteiger partial charge in [-0.3, -0.25) is 9.59 Å². The van der Waals surface area contributed by atoms with E-state index >= 15 is 0 Å². The Morgan fingerprint density at radius 2 is 1.78 bits per heavy atom. The summed E-state index contributed by atoms with van der Waals surface area (Å²) in [6, 6.07) is 4.12. The molecule has 4 unspecified atom stereocenters. The number of methoxy groups -OCH3 is 1. The first-order valence-corrected chi connectivity index (χ1v) is 12.1. The summed E-state index contributed by atoms with van der Waals surface area (Å²) in [5.41, 5.74) is 6.04. The number of hydrogen-bond donors (Lipinski definition) is 4. The third-order valence-corrected chi connectivity index (χ3v) is 7.54. The van der Waals surface area contributed by atoms with E-state index in [4.69, 9.17) is 19.9 Å². The van der Waals surface area contributed by atoms with Crippen LogP contribution >= 0.6 is 0 Å². The minimum Gasteiger partial charge on any atom is -0.507 e. The fourth-order valence-corrected chi connectivity index (χ4v) is 5.77. The number of phenols is 2. The van der Waals surface area contributed by atoms with Crippen LogP contribution in [-0.2, 0) is 15.9 Å². The third kappa shape index (κ3) is 3.69. The number of aliphatic hydroxyl groups excluding tert-OH is 1. The SMILES string of the molecule is COc1cccc2c1C(=O)c1c(O)c3c(c(O)c1C2=O)CC(C)(C)C[C@@H]3OC1CC(N)C(O)C(C)O1. The second-order valence-corrected chi connectivity index (χ2v) is 10.7. The van der Waals surface area contributed by atoms with Crippen LogP contribution in [0.15, 0.2) is 18.2 Å². The van der Waals surface area contributed by atoms with Crippen molar-refractivity contribution in [2.24, 2.45) is 11.1 Å². The van der Waals surface area contributed by atoms with Gasteiger partial charge in [-0.25, -0.2) is 0 Å². The lowest BCUT2D eigenvalue weighted by atomic mass is 9.69. The number of hydrogen-bond acceptors (Lipinski definition) is 9. The molecule has 2 aromatic rings. The van der Waals surface area contributed by atoms with Crippen LogP contribution in [0.25, 0.3) is 0 Å². The first kappa shape index (κ1) is 24.7. The molecule has 5 atom stereocenters. The van der Waals surface area contributed by atoms with Crippen molar-refractivity contribution < 1.29 is 39.1 Å². The zero-order chi connectivity index (χ0) is 26.1. The Kier molecular flexibility index (Phi) is 5.87. The predicted octanol–water partition coefficient (Wildman–Crippen LogP) is 2.73. The van der Waals surface area contributed by atoms with Gasteiger partial charge in [-0.05, 0) is 31.2 Å². The van der Waals surface area contributed by atoms with Gasteiger partial charge in [0.1, 0.15) is 17.2 Å². The summed E-state index contributed by atoms with van der Waals surface area (Å²) in [7, 11) is 1.39. The number of phenolic OH excluding ortho intramolecular Hbond substituents is 2. The van der Waals surface area contributed by atoms with Crippen LogP contribution in [-0.4, -0.2) is 58.5 Å². The molecule has 3 aliphatic rings. The van der Waals surface area contributed by atoms with Gasteiger partial charge in [-0.1, -0.05) is 26.0 Å². The van der Waals surface area contributed by atoms with E-state index in [1.165, 1.54) is 13.2 Å². The van der Waals surface area contributed by atoms with Gasteiger partial charge in [-0.15, -0.1) is 0 Å². The molecule has 1 heterocycles. The van der Waals surface area contributed by atoms with Crippen molar-refractivity contribution in [1.29, 1.82) is 0 Å². The van der Waals surface area contributed by atoms with Crippen LogP contribution in [0.2, 0.25) is 0 Å². The van der Waals surface area contributed by atoms with Crippen molar-refractivity contribution in [1.82, 2.24) is 0 Å². The first-order valence-electron chi connectivity index (χ1n) is 12.1. The van der Waals surface area contributed by atoms with Crippen LogP contribution in [0.4, 0.5) is 0 Å². The summed E-state index contributed by atoms with van der Waals surface area (Å²) < 4.78 is 17.4. The van der Waals surface area contributed by atoms with Crippen molar-refractivity contribution >= 4 is 11.6 Å². The average Bonchev–Trinajstić information content (AvgIpc) is 2.81. The number of carbonyl (C=O) groups excluding carboxylic acids is 2. The maximum atomic E-state index is 13.6. The van der Waals surface area contributed by atoms with Gasteiger partial charge in [0, 0.05) is 29.2 Å². The molecule has 1 fully saturated rings. The molecule has 0 radical (unpaired) electrons. The number of aliphatic hydroxyl groups is 1. The van der Waals surface area contributed by atoms with Gasteiger partial charge in [0.2, 0.25) is 5.78 Å². The number of ketones is 2. The number of rotatable bonds is 3. The fraction of sp³-hybridized carbons (Fsp3) is 0.481. The lowest BCUT2D eigenvalue weighted by Gasteiger charge is -2.42. The normalized spacial score (nSPS) is 28.8. The van der Waals surface area contributed by atoms with Gasteiger partial charge in [0.15, 0.2) is 12.1 Å². The Morgan fingerprint density at radius 1 is 1.08 bits per heavy atom. The van der Waals surface area contributed by atoms with E-state index in [0.717, 1.165) is 0 Å². The summed E-state index contributed by atoms with van der Waals surface area (Å²) in [6.45, 7) is 5.69. The maximum Gasteiger partial charge on any atom is 0.202 e. The molecule has 0 bridgehead atoms.